The van der Waals surface area contributed by atoms with E-state index in [0.29, 0.717) is 6.04 Å². The molecule has 0 amide bonds. The van der Waals surface area contributed by atoms with Crippen molar-refractivity contribution < 1.29 is 0 Å². The number of halogens is 1. The van der Waals surface area contributed by atoms with Crippen molar-refractivity contribution in [3.05, 3.63) is 62.5 Å². The number of benzene rings is 1. The van der Waals surface area contributed by atoms with Crippen molar-refractivity contribution >= 4 is 21.6 Å². The van der Waals surface area contributed by atoms with Gasteiger partial charge in [-0.15, -0.1) is 0 Å². The number of aryl methyl sites for hydroxylation is 1. The molecule has 0 spiro atoms. The maximum Gasteiger partial charge on any atom is 0.250 e. The fourth-order valence-electron chi connectivity index (χ4n) is 2.99. The molecule has 1 aliphatic rings. The van der Waals surface area contributed by atoms with E-state index in [2.05, 4.69) is 46.4 Å². The smallest absolute Gasteiger partial charge is 0.250 e. The van der Waals surface area contributed by atoms with Crippen molar-refractivity contribution in [2.24, 2.45) is 0 Å². The summed E-state index contributed by atoms with van der Waals surface area (Å²) < 4.78 is 2.97. The van der Waals surface area contributed by atoms with Crippen LogP contribution in [0.15, 0.2) is 45.8 Å². The van der Waals surface area contributed by atoms with Crippen LogP contribution in [-0.4, -0.2) is 4.57 Å². The Kier molecular flexibility index (Phi) is 4.15. The highest BCUT2D eigenvalue weighted by atomic mass is 79.9. The Bertz CT molecular complexity index is 708. The third kappa shape index (κ3) is 2.91. The van der Waals surface area contributed by atoms with Gasteiger partial charge in [0, 0.05) is 23.3 Å². The Morgan fingerprint density at radius 2 is 2.19 bits per heavy atom. The largest absolute Gasteiger partial charge is 0.377 e. The first-order valence-corrected chi connectivity index (χ1v) is 8.22. The molecule has 3 rings (SSSR count). The summed E-state index contributed by atoms with van der Waals surface area (Å²) in [4.78, 5) is 11.8. The van der Waals surface area contributed by atoms with Crippen LogP contribution in [0.25, 0.3) is 0 Å². The van der Waals surface area contributed by atoms with E-state index in [4.69, 9.17) is 0 Å². The minimum Gasteiger partial charge on any atom is -0.377 e. The molecule has 1 aromatic carbocycles. The SMILES string of the molecule is CCCn1cc(NC2CCc3c(Br)cccc32)ccc1=O. The Morgan fingerprint density at radius 1 is 1.33 bits per heavy atom. The topological polar surface area (TPSA) is 34.0 Å². The zero-order valence-electron chi connectivity index (χ0n) is 12.1. The summed E-state index contributed by atoms with van der Waals surface area (Å²) in [6, 6.07) is 10.2. The van der Waals surface area contributed by atoms with E-state index < -0.39 is 0 Å². The van der Waals surface area contributed by atoms with Gasteiger partial charge in [0.1, 0.15) is 0 Å². The number of fused-ring (bicyclic) bond motifs is 1. The highest BCUT2D eigenvalue weighted by Gasteiger charge is 2.23. The monoisotopic (exact) mass is 346 g/mol. The standard InChI is InChI=1S/C17H19BrN2O/c1-2-10-20-11-12(6-9-17(20)21)19-16-8-7-13-14(16)4-3-5-15(13)18/h3-6,9,11,16,19H,2,7-8,10H2,1H3. The van der Waals surface area contributed by atoms with Gasteiger partial charge >= 0.3 is 0 Å². The molecule has 3 nitrogen and oxygen atoms in total. The maximum absolute atomic E-state index is 11.8. The van der Waals surface area contributed by atoms with E-state index in [1.165, 1.54) is 15.6 Å². The normalized spacial score (nSPS) is 16.8. The molecule has 1 aromatic heterocycles. The van der Waals surface area contributed by atoms with Gasteiger partial charge in [0.05, 0.1) is 11.7 Å². The molecule has 1 N–H and O–H groups in total. The number of aromatic nitrogens is 1. The van der Waals surface area contributed by atoms with Gasteiger partial charge in [0.2, 0.25) is 0 Å². The van der Waals surface area contributed by atoms with Crippen LogP contribution in [0.1, 0.15) is 36.9 Å². The van der Waals surface area contributed by atoms with Gasteiger partial charge in [-0.3, -0.25) is 4.79 Å². The molecule has 1 unspecified atom stereocenters. The third-order valence-electron chi connectivity index (χ3n) is 4.00. The molecule has 0 radical (unpaired) electrons. The summed E-state index contributed by atoms with van der Waals surface area (Å²) in [7, 11) is 0. The second-order valence-electron chi connectivity index (χ2n) is 5.49. The minimum atomic E-state index is 0.0666. The molecule has 21 heavy (non-hydrogen) atoms. The number of pyridine rings is 1. The predicted octanol–water partition coefficient (Wildman–Crippen LogP) is 4.12. The number of hydrogen-bond acceptors (Lipinski definition) is 2. The van der Waals surface area contributed by atoms with E-state index in [9.17, 15) is 4.79 Å². The van der Waals surface area contributed by atoms with E-state index >= 15 is 0 Å². The first-order chi connectivity index (χ1) is 10.2. The van der Waals surface area contributed by atoms with E-state index in [-0.39, 0.29) is 5.56 Å². The van der Waals surface area contributed by atoms with Crippen LogP contribution < -0.4 is 10.9 Å². The maximum atomic E-state index is 11.8. The molecule has 0 fully saturated rings. The Hall–Kier alpha value is -1.55. The van der Waals surface area contributed by atoms with Crippen molar-refractivity contribution in [2.75, 3.05) is 5.32 Å². The highest BCUT2D eigenvalue weighted by molar-refractivity contribution is 9.10. The van der Waals surface area contributed by atoms with Crippen LogP contribution in [0.3, 0.4) is 0 Å². The molecular weight excluding hydrogens is 328 g/mol. The van der Waals surface area contributed by atoms with Crippen molar-refractivity contribution in [3.8, 4) is 0 Å². The van der Waals surface area contributed by atoms with Crippen LogP contribution in [0.4, 0.5) is 5.69 Å². The Balaban J connectivity index is 1.85. The number of hydrogen-bond donors (Lipinski definition) is 1. The second-order valence-corrected chi connectivity index (χ2v) is 6.35. The summed E-state index contributed by atoms with van der Waals surface area (Å²) in [5.74, 6) is 0. The van der Waals surface area contributed by atoms with Gasteiger partial charge in [-0.05, 0) is 42.5 Å². The zero-order chi connectivity index (χ0) is 14.8. The van der Waals surface area contributed by atoms with E-state index in [1.807, 2.05) is 12.3 Å². The Morgan fingerprint density at radius 3 is 3.00 bits per heavy atom. The first kappa shape index (κ1) is 14.4. The number of anilines is 1. The number of nitrogens with zero attached hydrogens (tertiary/aromatic N) is 1. The van der Waals surface area contributed by atoms with Crippen molar-refractivity contribution in [2.45, 2.75) is 38.8 Å². The molecule has 0 bridgehead atoms. The lowest BCUT2D eigenvalue weighted by molar-refractivity contribution is 0.653. The number of nitrogens with one attached hydrogen (secondary N) is 1. The lowest BCUT2D eigenvalue weighted by Crippen LogP contribution is -2.19. The molecular formula is C17H19BrN2O. The molecule has 2 aromatic rings. The first-order valence-electron chi connectivity index (χ1n) is 7.43. The van der Waals surface area contributed by atoms with Crippen LogP contribution >= 0.6 is 15.9 Å². The zero-order valence-corrected chi connectivity index (χ0v) is 13.7. The van der Waals surface area contributed by atoms with Crippen LogP contribution in [0.2, 0.25) is 0 Å². The highest BCUT2D eigenvalue weighted by Crippen LogP contribution is 2.37. The van der Waals surface area contributed by atoms with E-state index in [1.54, 1.807) is 10.6 Å². The quantitative estimate of drug-likeness (QED) is 0.903. The molecule has 0 saturated heterocycles. The third-order valence-corrected chi connectivity index (χ3v) is 4.75. The Labute approximate surface area is 133 Å². The summed E-state index contributed by atoms with van der Waals surface area (Å²) in [5, 5.41) is 3.57. The fourth-order valence-corrected chi connectivity index (χ4v) is 3.57. The molecule has 0 saturated carbocycles. The van der Waals surface area contributed by atoms with Crippen molar-refractivity contribution in [1.82, 2.24) is 4.57 Å². The average molecular weight is 347 g/mol. The van der Waals surface area contributed by atoms with Crippen LogP contribution in [0.5, 0.6) is 0 Å². The van der Waals surface area contributed by atoms with Gasteiger partial charge < -0.3 is 9.88 Å². The lowest BCUT2D eigenvalue weighted by Gasteiger charge is -2.17. The van der Waals surface area contributed by atoms with Gasteiger partial charge in [0.25, 0.3) is 5.56 Å². The van der Waals surface area contributed by atoms with Crippen LogP contribution in [-0.2, 0) is 13.0 Å². The summed E-state index contributed by atoms with van der Waals surface area (Å²) in [6.45, 7) is 2.85. The summed E-state index contributed by atoms with van der Waals surface area (Å²) >= 11 is 3.63. The van der Waals surface area contributed by atoms with Gasteiger partial charge in [-0.25, -0.2) is 0 Å². The average Bonchev–Trinajstić information content (AvgIpc) is 2.88. The van der Waals surface area contributed by atoms with E-state index in [0.717, 1.165) is 31.5 Å². The molecule has 110 valence electrons. The summed E-state index contributed by atoms with van der Waals surface area (Å²) in [5.41, 5.74) is 3.84. The molecule has 0 aliphatic heterocycles. The van der Waals surface area contributed by atoms with Crippen LogP contribution in [0, 0.1) is 0 Å². The fraction of sp³-hybridized carbons (Fsp3) is 0.353. The minimum absolute atomic E-state index is 0.0666. The van der Waals surface area contributed by atoms with Crippen molar-refractivity contribution in [3.63, 3.8) is 0 Å². The van der Waals surface area contributed by atoms with Gasteiger partial charge in [-0.2, -0.15) is 0 Å². The van der Waals surface area contributed by atoms with Gasteiger partial charge in [0.15, 0.2) is 0 Å². The van der Waals surface area contributed by atoms with Gasteiger partial charge in [-0.1, -0.05) is 35.0 Å². The molecule has 4 heteroatoms. The molecule has 1 aliphatic carbocycles. The number of rotatable bonds is 4. The molecule has 1 atom stereocenters. The predicted molar refractivity (Wildman–Crippen MR) is 89.8 cm³/mol. The second kappa shape index (κ2) is 6.06. The lowest BCUT2D eigenvalue weighted by atomic mass is 10.1. The summed E-state index contributed by atoms with van der Waals surface area (Å²) in [6.07, 6.45) is 5.07. The molecule has 1 heterocycles. The van der Waals surface area contributed by atoms with Crippen molar-refractivity contribution in [1.29, 1.82) is 0 Å².